The molecule has 1 aliphatic rings. The number of benzene rings is 2. The lowest BCUT2D eigenvalue weighted by molar-refractivity contribution is -0.0498. The van der Waals surface area contributed by atoms with E-state index in [1.54, 1.807) is 12.1 Å². The first kappa shape index (κ1) is 18.2. The number of nitrogens with zero attached hydrogens (tertiary/aromatic N) is 2. The second-order valence-electron chi connectivity index (χ2n) is 6.63. The monoisotopic (exact) mass is 383 g/mol. The average molecular weight is 383 g/mol. The van der Waals surface area contributed by atoms with Gasteiger partial charge in [-0.05, 0) is 43.2 Å². The molecular weight excluding hydrogens is 364 g/mol. The highest BCUT2D eigenvalue weighted by Crippen LogP contribution is 2.24. The number of nitrogens with one attached hydrogen (secondary N) is 1. The summed E-state index contributed by atoms with van der Waals surface area (Å²) in [5.41, 5.74) is 2.75. The smallest absolute Gasteiger partial charge is 0.387 e. The minimum absolute atomic E-state index is 0.0539. The number of anilines is 1. The highest BCUT2D eigenvalue weighted by molar-refractivity contribution is 6.04. The molecule has 0 saturated heterocycles. The molecule has 2 aromatic carbocycles. The van der Waals surface area contributed by atoms with E-state index in [1.807, 2.05) is 12.1 Å². The maximum absolute atomic E-state index is 12.4. The number of fused-ring (bicyclic) bond motifs is 1. The molecule has 0 radical (unpaired) electrons. The van der Waals surface area contributed by atoms with Crippen molar-refractivity contribution in [3.05, 3.63) is 66.1 Å². The van der Waals surface area contributed by atoms with Gasteiger partial charge in [-0.3, -0.25) is 4.79 Å². The van der Waals surface area contributed by atoms with Crippen LogP contribution in [0.15, 0.2) is 54.7 Å². The highest BCUT2D eigenvalue weighted by atomic mass is 19.3. The Labute approximate surface area is 161 Å². The van der Waals surface area contributed by atoms with Gasteiger partial charge in [-0.15, -0.1) is 0 Å². The summed E-state index contributed by atoms with van der Waals surface area (Å²) in [4.78, 5) is 17.1. The zero-order valence-corrected chi connectivity index (χ0v) is 15.1. The first-order chi connectivity index (χ1) is 13.6. The zero-order valence-electron chi connectivity index (χ0n) is 15.1. The van der Waals surface area contributed by atoms with Crippen molar-refractivity contribution in [1.29, 1.82) is 0 Å². The van der Waals surface area contributed by atoms with Crippen LogP contribution in [0.4, 0.5) is 14.5 Å². The fraction of sp³-hybridized carbons (Fsp3) is 0.238. The van der Waals surface area contributed by atoms with Crippen LogP contribution in [0.25, 0.3) is 11.3 Å². The summed E-state index contributed by atoms with van der Waals surface area (Å²) in [7, 11) is 0. The number of ether oxygens (including phenoxy) is 1. The summed E-state index contributed by atoms with van der Waals surface area (Å²) in [6, 6.07) is 13.1. The van der Waals surface area contributed by atoms with Crippen molar-refractivity contribution in [3.8, 4) is 17.0 Å². The van der Waals surface area contributed by atoms with E-state index < -0.39 is 12.5 Å². The number of rotatable bonds is 5. The van der Waals surface area contributed by atoms with E-state index >= 15 is 0 Å². The van der Waals surface area contributed by atoms with Gasteiger partial charge in [-0.1, -0.05) is 18.2 Å². The van der Waals surface area contributed by atoms with E-state index in [0.29, 0.717) is 5.69 Å². The van der Waals surface area contributed by atoms with Gasteiger partial charge in [-0.25, -0.2) is 4.98 Å². The summed E-state index contributed by atoms with van der Waals surface area (Å²) in [5, 5.41) is 2.76. The van der Waals surface area contributed by atoms with E-state index in [0.717, 1.165) is 30.0 Å². The van der Waals surface area contributed by atoms with Crippen LogP contribution in [0.2, 0.25) is 0 Å². The average Bonchev–Trinajstić information content (AvgIpc) is 3.12. The molecule has 0 fully saturated rings. The van der Waals surface area contributed by atoms with E-state index in [4.69, 9.17) is 4.98 Å². The molecule has 2 heterocycles. The molecule has 5 nitrogen and oxygen atoms in total. The first-order valence-corrected chi connectivity index (χ1v) is 9.11. The molecule has 0 bridgehead atoms. The number of carbonyl (C=O) groups is 1. The Hall–Kier alpha value is -3.22. The molecule has 4 rings (SSSR count). The Morgan fingerprint density at radius 2 is 1.96 bits per heavy atom. The van der Waals surface area contributed by atoms with Gasteiger partial charge < -0.3 is 14.6 Å². The van der Waals surface area contributed by atoms with Crippen molar-refractivity contribution in [2.45, 2.75) is 32.4 Å². The number of aryl methyl sites for hydroxylation is 2. The largest absolute Gasteiger partial charge is 0.435 e. The molecule has 1 N–H and O–H groups in total. The van der Waals surface area contributed by atoms with Gasteiger partial charge in [0.25, 0.3) is 5.91 Å². The highest BCUT2D eigenvalue weighted by Gasteiger charge is 2.14. The molecule has 3 aromatic rings. The predicted molar refractivity (Wildman–Crippen MR) is 102 cm³/mol. The van der Waals surface area contributed by atoms with Gasteiger partial charge in [0.2, 0.25) is 0 Å². The molecule has 144 valence electrons. The van der Waals surface area contributed by atoms with E-state index in [2.05, 4.69) is 20.8 Å². The summed E-state index contributed by atoms with van der Waals surface area (Å²) >= 11 is 0. The van der Waals surface area contributed by atoms with Crippen molar-refractivity contribution in [2.75, 3.05) is 5.32 Å². The van der Waals surface area contributed by atoms with Gasteiger partial charge in [0, 0.05) is 36.0 Å². The Balaban J connectivity index is 1.46. The van der Waals surface area contributed by atoms with Crippen molar-refractivity contribution in [3.63, 3.8) is 0 Å². The van der Waals surface area contributed by atoms with Gasteiger partial charge in [0.1, 0.15) is 11.6 Å². The van der Waals surface area contributed by atoms with Crippen LogP contribution in [-0.4, -0.2) is 22.1 Å². The molecule has 0 saturated carbocycles. The molecule has 0 aliphatic carbocycles. The van der Waals surface area contributed by atoms with Crippen molar-refractivity contribution in [1.82, 2.24) is 9.55 Å². The number of hydrogen-bond donors (Lipinski definition) is 1. The summed E-state index contributed by atoms with van der Waals surface area (Å²) < 4.78 is 31.2. The quantitative estimate of drug-likeness (QED) is 0.692. The topological polar surface area (TPSA) is 56.2 Å². The molecule has 0 atom stereocenters. The van der Waals surface area contributed by atoms with Crippen LogP contribution < -0.4 is 10.1 Å². The van der Waals surface area contributed by atoms with Crippen LogP contribution in [0.3, 0.4) is 0 Å². The number of amides is 1. The van der Waals surface area contributed by atoms with Crippen molar-refractivity contribution in [2.24, 2.45) is 0 Å². The molecular formula is C21H19F2N3O2. The van der Waals surface area contributed by atoms with Crippen LogP contribution >= 0.6 is 0 Å². The fourth-order valence-corrected chi connectivity index (χ4v) is 3.29. The first-order valence-electron chi connectivity index (χ1n) is 9.11. The number of carbonyl (C=O) groups excluding carboxylic acids is 1. The number of hydrogen-bond acceptors (Lipinski definition) is 3. The lowest BCUT2D eigenvalue weighted by Gasteiger charge is -2.11. The molecule has 28 heavy (non-hydrogen) atoms. The summed E-state index contributed by atoms with van der Waals surface area (Å²) in [6.07, 6.45) is 5.42. The van der Waals surface area contributed by atoms with Gasteiger partial charge in [-0.2, -0.15) is 8.78 Å². The second-order valence-corrected chi connectivity index (χ2v) is 6.63. The Kier molecular flexibility index (Phi) is 5.06. The predicted octanol–water partition coefficient (Wildman–Crippen LogP) is 4.74. The molecule has 7 heteroatoms. The number of aromatic nitrogens is 2. The van der Waals surface area contributed by atoms with E-state index in [-0.39, 0.29) is 11.3 Å². The van der Waals surface area contributed by atoms with Gasteiger partial charge in [0.05, 0.1) is 5.69 Å². The summed E-state index contributed by atoms with van der Waals surface area (Å²) in [6.45, 7) is -1.93. The third-order valence-corrected chi connectivity index (χ3v) is 4.67. The lowest BCUT2D eigenvalue weighted by atomic mass is 10.1. The standard InChI is InChI=1S/C21H19F2N3O2/c22-21(23)28-17-5-3-4-15(12-17)20(27)24-16-9-7-14(8-10-16)18-13-26-11-2-1-6-19(26)25-18/h3-5,7-10,12-13,21H,1-2,6,11H2,(H,24,27). The van der Waals surface area contributed by atoms with Gasteiger partial charge >= 0.3 is 6.61 Å². The maximum Gasteiger partial charge on any atom is 0.387 e. The van der Waals surface area contributed by atoms with Crippen LogP contribution in [0.5, 0.6) is 5.75 Å². The third kappa shape index (κ3) is 4.03. The molecule has 0 unspecified atom stereocenters. The summed E-state index contributed by atoms with van der Waals surface area (Å²) in [5.74, 6) is 0.663. The zero-order chi connectivity index (χ0) is 19.5. The van der Waals surface area contributed by atoms with Crippen LogP contribution in [-0.2, 0) is 13.0 Å². The van der Waals surface area contributed by atoms with Gasteiger partial charge in [0.15, 0.2) is 0 Å². The normalized spacial score (nSPS) is 13.2. The second kappa shape index (κ2) is 7.80. The van der Waals surface area contributed by atoms with Crippen molar-refractivity contribution < 1.29 is 18.3 Å². The third-order valence-electron chi connectivity index (χ3n) is 4.67. The Morgan fingerprint density at radius 1 is 1.14 bits per heavy atom. The lowest BCUT2D eigenvalue weighted by Crippen LogP contribution is -2.12. The Bertz CT molecular complexity index is 960. The molecule has 1 amide bonds. The number of alkyl halides is 2. The van der Waals surface area contributed by atoms with E-state index in [1.165, 1.54) is 37.1 Å². The minimum atomic E-state index is -2.93. The fourth-order valence-electron chi connectivity index (χ4n) is 3.29. The number of halogens is 2. The molecule has 1 aromatic heterocycles. The van der Waals surface area contributed by atoms with Crippen molar-refractivity contribution >= 4 is 11.6 Å². The van der Waals surface area contributed by atoms with Crippen LogP contribution in [0, 0.1) is 0 Å². The molecule has 1 aliphatic heterocycles. The van der Waals surface area contributed by atoms with E-state index in [9.17, 15) is 13.6 Å². The number of imidazole rings is 1. The minimum Gasteiger partial charge on any atom is -0.435 e. The maximum atomic E-state index is 12.4. The Morgan fingerprint density at radius 3 is 2.71 bits per heavy atom. The SMILES string of the molecule is O=C(Nc1ccc(-c2cn3c(n2)CCCC3)cc1)c1cccc(OC(F)F)c1. The van der Waals surface area contributed by atoms with Crippen LogP contribution in [0.1, 0.15) is 29.0 Å². The molecule has 0 spiro atoms.